The van der Waals surface area contributed by atoms with E-state index < -0.39 is 10.0 Å². The number of sulfonamides is 1. The molecular weight excluding hydrogens is 236 g/mol. The molecule has 1 rings (SSSR count). The van der Waals surface area contributed by atoms with Gasteiger partial charge in [-0.1, -0.05) is 24.6 Å². The highest BCUT2D eigenvalue weighted by atomic mass is 32.2. The Morgan fingerprint density at radius 3 is 2.35 bits per heavy atom. The molecular formula is C12H20N2O2S. The maximum absolute atomic E-state index is 12.0. The summed E-state index contributed by atoms with van der Waals surface area (Å²) in [5.41, 5.74) is 1.82. The first-order valence-electron chi connectivity index (χ1n) is 5.71. The molecule has 1 aromatic carbocycles. The van der Waals surface area contributed by atoms with E-state index in [9.17, 15) is 8.42 Å². The molecule has 1 aromatic rings. The summed E-state index contributed by atoms with van der Waals surface area (Å²) in [4.78, 5) is 0. The van der Waals surface area contributed by atoms with Crippen LogP contribution in [0.2, 0.25) is 0 Å². The largest absolute Gasteiger partial charge is 0.316 e. The molecule has 0 fully saturated rings. The predicted molar refractivity (Wildman–Crippen MR) is 71.9 cm³/mol. The summed E-state index contributed by atoms with van der Waals surface area (Å²) >= 11 is 0. The van der Waals surface area contributed by atoms with E-state index in [1.165, 1.54) is 4.31 Å². The highest BCUT2D eigenvalue weighted by Gasteiger charge is 2.17. The van der Waals surface area contributed by atoms with Crippen molar-refractivity contribution in [2.45, 2.75) is 13.8 Å². The zero-order chi connectivity index (χ0) is 12.9. The lowest BCUT2D eigenvalue weighted by Crippen LogP contribution is -2.33. The van der Waals surface area contributed by atoms with Crippen LogP contribution < -0.4 is 9.62 Å². The Labute approximate surface area is 104 Å². The Morgan fingerprint density at radius 1 is 1.24 bits per heavy atom. The van der Waals surface area contributed by atoms with E-state index in [0.29, 0.717) is 12.2 Å². The molecule has 4 nitrogen and oxygen atoms in total. The fraction of sp³-hybridized carbons (Fsp3) is 0.500. The van der Waals surface area contributed by atoms with Crippen LogP contribution in [-0.2, 0) is 10.0 Å². The summed E-state index contributed by atoms with van der Waals surface area (Å²) in [6, 6.07) is 7.46. The van der Waals surface area contributed by atoms with Crippen molar-refractivity contribution in [1.29, 1.82) is 0 Å². The minimum absolute atomic E-state index is 0.116. The second-order valence-electron chi connectivity index (χ2n) is 3.97. The van der Waals surface area contributed by atoms with E-state index in [1.54, 1.807) is 7.05 Å². The van der Waals surface area contributed by atoms with E-state index in [0.717, 1.165) is 12.1 Å². The SMILES string of the molecule is CCNCCS(=O)(=O)N(C)c1ccc(C)cc1. The Bertz CT molecular complexity index is 440. The highest BCUT2D eigenvalue weighted by Crippen LogP contribution is 2.16. The third-order valence-corrected chi connectivity index (χ3v) is 4.37. The third-order valence-electron chi connectivity index (χ3n) is 2.60. The van der Waals surface area contributed by atoms with E-state index in [4.69, 9.17) is 0 Å². The average Bonchev–Trinajstić information content (AvgIpc) is 2.29. The Morgan fingerprint density at radius 2 is 1.82 bits per heavy atom. The summed E-state index contributed by atoms with van der Waals surface area (Å²) in [5, 5.41) is 3.01. The van der Waals surface area contributed by atoms with Gasteiger partial charge in [-0.25, -0.2) is 8.42 Å². The molecule has 0 radical (unpaired) electrons. The van der Waals surface area contributed by atoms with Gasteiger partial charge >= 0.3 is 0 Å². The van der Waals surface area contributed by atoms with Gasteiger partial charge in [0.15, 0.2) is 0 Å². The Hall–Kier alpha value is -1.07. The van der Waals surface area contributed by atoms with Gasteiger partial charge in [0.25, 0.3) is 0 Å². The number of aryl methyl sites for hydroxylation is 1. The maximum atomic E-state index is 12.0. The first-order valence-corrected chi connectivity index (χ1v) is 7.32. The van der Waals surface area contributed by atoms with Gasteiger partial charge < -0.3 is 5.32 Å². The number of rotatable bonds is 6. The van der Waals surface area contributed by atoms with Crippen molar-refractivity contribution in [1.82, 2.24) is 5.32 Å². The van der Waals surface area contributed by atoms with Gasteiger partial charge in [0.1, 0.15) is 0 Å². The van der Waals surface area contributed by atoms with Gasteiger partial charge in [0.05, 0.1) is 11.4 Å². The fourth-order valence-corrected chi connectivity index (χ4v) is 2.55. The molecule has 0 heterocycles. The number of benzene rings is 1. The quantitative estimate of drug-likeness (QED) is 0.782. The minimum atomic E-state index is -3.23. The molecule has 5 heteroatoms. The van der Waals surface area contributed by atoms with Crippen molar-refractivity contribution >= 4 is 15.7 Å². The lowest BCUT2D eigenvalue weighted by Gasteiger charge is -2.19. The smallest absolute Gasteiger partial charge is 0.236 e. The van der Waals surface area contributed by atoms with Crippen molar-refractivity contribution < 1.29 is 8.42 Å². The van der Waals surface area contributed by atoms with Crippen LogP contribution in [0, 0.1) is 6.92 Å². The molecule has 0 saturated heterocycles. The van der Waals surface area contributed by atoms with Gasteiger partial charge in [-0.3, -0.25) is 4.31 Å². The number of nitrogens with one attached hydrogen (secondary N) is 1. The third kappa shape index (κ3) is 4.02. The average molecular weight is 256 g/mol. The number of anilines is 1. The number of nitrogens with zero attached hydrogens (tertiary/aromatic N) is 1. The molecule has 0 atom stereocenters. The maximum Gasteiger partial charge on any atom is 0.236 e. The van der Waals surface area contributed by atoms with Crippen LogP contribution in [0.5, 0.6) is 0 Å². The van der Waals surface area contributed by atoms with Crippen LogP contribution in [0.25, 0.3) is 0 Å². The van der Waals surface area contributed by atoms with Crippen LogP contribution in [0.15, 0.2) is 24.3 Å². The Balaban J connectivity index is 2.74. The Kier molecular flexibility index (Phi) is 4.96. The molecule has 17 heavy (non-hydrogen) atoms. The second-order valence-corrected chi connectivity index (χ2v) is 6.09. The van der Waals surface area contributed by atoms with E-state index in [2.05, 4.69) is 5.32 Å². The van der Waals surface area contributed by atoms with Gasteiger partial charge in [-0.2, -0.15) is 0 Å². The summed E-state index contributed by atoms with van der Waals surface area (Å²) < 4.78 is 25.3. The first-order chi connectivity index (χ1) is 7.97. The normalized spacial score (nSPS) is 11.5. The lowest BCUT2D eigenvalue weighted by atomic mass is 10.2. The second kappa shape index (κ2) is 6.02. The standard InChI is InChI=1S/C12H20N2O2S/c1-4-13-9-10-17(15,16)14(3)12-7-5-11(2)6-8-12/h5-8,13H,4,9-10H2,1-3H3. The zero-order valence-corrected chi connectivity index (χ0v) is 11.4. The predicted octanol–water partition coefficient (Wildman–Crippen LogP) is 1.37. The van der Waals surface area contributed by atoms with Crippen molar-refractivity contribution in [2.24, 2.45) is 0 Å². The highest BCUT2D eigenvalue weighted by molar-refractivity contribution is 7.92. The molecule has 1 N–H and O–H groups in total. The summed E-state index contributed by atoms with van der Waals surface area (Å²) in [7, 11) is -1.64. The lowest BCUT2D eigenvalue weighted by molar-refractivity contribution is 0.590. The summed E-state index contributed by atoms with van der Waals surface area (Å²) in [6.07, 6.45) is 0. The van der Waals surface area contributed by atoms with Crippen molar-refractivity contribution in [2.75, 3.05) is 30.2 Å². The molecule has 96 valence electrons. The number of hydrogen-bond acceptors (Lipinski definition) is 3. The molecule has 0 bridgehead atoms. The molecule has 0 aromatic heterocycles. The van der Waals surface area contributed by atoms with E-state index >= 15 is 0 Å². The molecule has 0 unspecified atom stereocenters. The van der Waals surface area contributed by atoms with Crippen molar-refractivity contribution in [3.8, 4) is 0 Å². The van der Waals surface area contributed by atoms with Crippen LogP contribution in [0.1, 0.15) is 12.5 Å². The van der Waals surface area contributed by atoms with E-state index in [1.807, 2.05) is 38.1 Å². The van der Waals surface area contributed by atoms with Gasteiger partial charge in [-0.05, 0) is 25.6 Å². The van der Waals surface area contributed by atoms with Crippen LogP contribution >= 0.6 is 0 Å². The van der Waals surface area contributed by atoms with Gasteiger partial charge in [-0.15, -0.1) is 0 Å². The van der Waals surface area contributed by atoms with Crippen molar-refractivity contribution in [3.05, 3.63) is 29.8 Å². The zero-order valence-electron chi connectivity index (χ0n) is 10.6. The molecule has 0 saturated carbocycles. The summed E-state index contributed by atoms with van der Waals surface area (Å²) in [5.74, 6) is 0.116. The molecule has 0 aliphatic carbocycles. The van der Waals surface area contributed by atoms with Crippen LogP contribution in [-0.4, -0.2) is 34.3 Å². The fourth-order valence-electron chi connectivity index (χ4n) is 1.43. The first kappa shape index (κ1) is 14.0. The van der Waals surface area contributed by atoms with Crippen molar-refractivity contribution in [3.63, 3.8) is 0 Å². The molecule has 0 aliphatic heterocycles. The monoisotopic (exact) mass is 256 g/mol. The molecule has 0 aliphatic rings. The summed E-state index contributed by atoms with van der Waals surface area (Å²) in [6.45, 7) is 5.19. The molecule has 0 spiro atoms. The van der Waals surface area contributed by atoms with E-state index in [-0.39, 0.29) is 5.75 Å². The minimum Gasteiger partial charge on any atom is -0.316 e. The van der Waals surface area contributed by atoms with Crippen LogP contribution in [0.3, 0.4) is 0 Å². The van der Waals surface area contributed by atoms with Gasteiger partial charge in [0.2, 0.25) is 10.0 Å². The number of hydrogen-bond donors (Lipinski definition) is 1. The molecule has 0 amide bonds. The van der Waals surface area contributed by atoms with Crippen LogP contribution in [0.4, 0.5) is 5.69 Å². The van der Waals surface area contributed by atoms with Gasteiger partial charge in [0, 0.05) is 13.6 Å². The topological polar surface area (TPSA) is 49.4 Å².